The van der Waals surface area contributed by atoms with E-state index in [1.165, 1.54) is 12.8 Å². The van der Waals surface area contributed by atoms with Gasteiger partial charge in [0.25, 0.3) is 5.91 Å². The second-order valence-corrected chi connectivity index (χ2v) is 6.19. The van der Waals surface area contributed by atoms with Crippen LogP contribution >= 0.6 is 11.8 Å². The molecule has 2 rings (SSSR count). The number of carbonyl (C=O) groups excluding carboxylic acids is 1. The van der Waals surface area contributed by atoms with Gasteiger partial charge in [0.2, 0.25) is 0 Å². The lowest BCUT2D eigenvalue weighted by Crippen LogP contribution is -2.39. The fourth-order valence-corrected chi connectivity index (χ4v) is 3.74. The van der Waals surface area contributed by atoms with Gasteiger partial charge in [-0.15, -0.1) is 0 Å². The first-order chi connectivity index (χ1) is 9.26. The highest BCUT2D eigenvalue weighted by atomic mass is 32.2. The molecule has 19 heavy (non-hydrogen) atoms. The van der Waals surface area contributed by atoms with Gasteiger partial charge in [0.05, 0.1) is 5.56 Å². The summed E-state index contributed by atoms with van der Waals surface area (Å²) in [6.45, 7) is 2.17. The number of thioether (sulfide) groups is 1. The van der Waals surface area contributed by atoms with Crippen molar-refractivity contribution in [1.29, 1.82) is 0 Å². The smallest absolute Gasteiger partial charge is 0.255 e. The van der Waals surface area contributed by atoms with Crippen LogP contribution in [0.1, 0.15) is 36.5 Å². The Morgan fingerprint density at radius 3 is 3.11 bits per heavy atom. The molecule has 0 saturated heterocycles. The molecule has 5 heteroatoms. The predicted octanol–water partition coefficient (Wildman–Crippen LogP) is 2.53. The minimum Gasteiger partial charge on any atom is -0.387 e. The summed E-state index contributed by atoms with van der Waals surface area (Å²) in [5, 5.41) is 6.76. The molecule has 1 fully saturated rings. The van der Waals surface area contributed by atoms with Crippen LogP contribution < -0.4 is 10.6 Å². The molecule has 0 bridgehead atoms. The first-order valence-corrected chi connectivity index (χ1v) is 7.85. The van der Waals surface area contributed by atoms with Crippen LogP contribution in [0, 0.1) is 0 Å². The van der Waals surface area contributed by atoms with E-state index in [2.05, 4.69) is 22.5 Å². The van der Waals surface area contributed by atoms with Crippen LogP contribution in [-0.2, 0) is 0 Å². The zero-order valence-corrected chi connectivity index (χ0v) is 12.3. The average molecular weight is 279 g/mol. The summed E-state index contributed by atoms with van der Waals surface area (Å²) in [6.07, 6.45) is 6.80. The van der Waals surface area contributed by atoms with E-state index in [-0.39, 0.29) is 5.91 Å². The van der Waals surface area contributed by atoms with Gasteiger partial charge in [0.1, 0.15) is 0 Å². The van der Waals surface area contributed by atoms with Crippen molar-refractivity contribution in [3.8, 4) is 0 Å². The first kappa shape index (κ1) is 14.2. The summed E-state index contributed by atoms with van der Waals surface area (Å²) in [6, 6.07) is 2.12. The monoisotopic (exact) mass is 279 g/mol. The summed E-state index contributed by atoms with van der Waals surface area (Å²) >= 11 is 1.95. The van der Waals surface area contributed by atoms with Crippen molar-refractivity contribution < 1.29 is 4.79 Å². The molecular formula is C14H21N3OS. The molecule has 1 aliphatic rings. The first-order valence-electron chi connectivity index (χ1n) is 6.80. The number of rotatable bonds is 5. The topological polar surface area (TPSA) is 54.0 Å². The van der Waals surface area contributed by atoms with Gasteiger partial charge < -0.3 is 10.6 Å². The van der Waals surface area contributed by atoms with Gasteiger partial charge in [-0.05, 0) is 24.7 Å². The molecule has 1 amide bonds. The van der Waals surface area contributed by atoms with Gasteiger partial charge in [-0.2, -0.15) is 11.8 Å². The summed E-state index contributed by atoms with van der Waals surface area (Å²) in [5.41, 5.74) is 1.45. The molecule has 1 aliphatic carbocycles. The number of aromatic nitrogens is 1. The molecule has 4 nitrogen and oxygen atoms in total. The number of hydrogen-bond acceptors (Lipinski definition) is 4. The van der Waals surface area contributed by atoms with Gasteiger partial charge in [-0.25, -0.2) is 0 Å². The third-order valence-corrected chi connectivity index (χ3v) is 4.81. The van der Waals surface area contributed by atoms with Crippen molar-refractivity contribution >= 4 is 23.4 Å². The van der Waals surface area contributed by atoms with Crippen LogP contribution in [0.3, 0.4) is 0 Å². The minimum absolute atomic E-state index is 0.0222. The highest BCUT2D eigenvalue weighted by molar-refractivity contribution is 7.99. The van der Waals surface area contributed by atoms with E-state index in [0.29, 0.717) is 16.9 Å². The van der Waals surface area contributed by atoms with E-state index < -0.39 is 0 Å². The number of hydrogen-bond donors (Lipinski definition) is 2. The Bertz CT molecular complexity index is 438. The molecule has 0 aromatic carbocycles. The SMILES string of the molecule is CCSC1CCCC1NC(=O)c1cnccc1NC. The highest BCUT2D eigenvalue weighted by Crippen LogP contribution is 2.30. The Labute approximate surface area is 118 Å². The summed E-state index contributed by atoms with van der Waals surface area (Å²) < 4.78 is 0. The maximum absolute atomic E-state index is 12.3. The van der Waals surface area contributed by atoms with Crippen LogP contribution in [0.5, 0.6) is 0 Å². The third-order valence-electron chi connectivity index (χ3n) is 3.48. The zero-order valence-electron chi connectivity index (χ0n) is 11.5. The predicted molar refractivity (Wildman–Crippen MR) is 80.8 cm³/mol. The molecule has 0 radical (unpaired) electrons. The van der Waals surface area contributed by atoms with E-state index in [4.69, 9.17) is 0 Å². The second-order valence-electron chi connectivity index (χ2n) is 4.68. The van der Waals surface area contributed by atoms with Crippen molar-refractivity contribution in [2.24, 2.45) is 0 Å². The molecule has 104 valence electrons. The molecule has 0 aliphatic heterocycles. The molecular weight excluding hydrogens is 258 g/mol. The van der Waals surface area contributed by atoms with Crippen LogP contribution in [-0.4, -0.2) is 35.0 Å². The Hall–Kier alpha value is -1.23. The average Bonchev–Trinajstić information content (AvgIpc) is 2.86. The summed E-state index contributed by atoms with van der Waals surface area (Å²) in [5.74, 6) is 1.08. The van der Waals surface area contributed by atoms with E-state index in [0.717, 1.165) is 17.9 Å². The number of carbonyl (C=O) groups is 1. The lowest BCUT2D eigenvalue weighted by molar-refractivity contribution is 0.0939. The Morgan fingerprint density at radius 2 is 2.37 bits per heavy atom. The number of nitrogens with one attached hydrogen (secondary N) is 2. The summed E-state index contributed by atoms with van der Waals surface area (Å²) in [4.78, 5) is 16.4. The van der Waals surface area contributed by atoms with Gasteiger partial charge in [-0.1, -0.05) is 13.3 Å². The minimum atomic E-state index is -0.0222. The fourth-order valence-electron chi connectivity index (χ4n) is 2.54. The lowest BCUT2D eigenvalue weighted by atomic mass is 10.2. The molecule has 1 saturated carbocycles. The normalized spacial score (nSPS) is 22.2. The molecule has 0 spiro atoms. The highest BCUT2D eigenvalue weighted by Gasteiger charge is 2.29. The lowest BCUT2D eigenvalue weighted by Gasteiger charge is -2.20. The Balaban J connectivity index is 2.04. The maximum atomic E-state index is 12.3. The van der Waals surface area contributed by atoms with Crippen LogP contribution in [0.2, 0.25) is 0 Å². The molecule has 2 atom stereocenters. The number of pyridine rings is 1. The second kappa shape index (κ2) is 6.80. The van der Waals surface area contributed by atoms with Gasteiger partial charge in [0.15, 0.2) is 0 Å². The number of amides is 1. The number of anilines is 1. The van der Waals surface area contributed by atoms with E-state index in [1.54, 1.807) is 12.4 Å². The molecule has 2 unspecified atom stereocenters. The molecule has 1 aromatic heterocycles. The molecule has 1 heterocycles. The Morgan fingerprint density at radius 1 is 1.53 bits per heavy atom. The Kier molecular flexibility index (Phi) is 5.07. The van der Waals surface area contributed by atoms with Crippen molar-refractivity contribution in [2.75, 3.05) is 18.1 Å². The third kappa shape index (κ3) is 3.41. The molecule has 1 aromatic rings. The van der Waals surface area contributed by atoms with Crippen LogP contribution in [0.4, 0.5) is 5.69 Å². The zero-order chi connectivity index (χ0) is 13.7. The molecule has 2 N–H and O–H groups in total. The fraction of sp³-hybridized carbons (Fsp3) is 0.571. The largest absolute Gasteiger partial charge is 0.387 e. The van der Waals surface area contributed by atoms with E-state index in [9.17, 15) is 4.79 Å². The van der Waals surface area contributed by atoms with Crippen LogP contribution in [0.25, 0.3) is 0 Å². The van der Waals surface area contributed by atoms with Crippen molar-refractivity contribution in [2.45, 2.75) is 37.5 Å². The van der Waals surface area contributed by atoms with E-state index >= 15 is 0 Å². The number of nitrogens with zero attached hydrogens (tertiary/aromatic N) is 1. The maximum Gasteiger partial charge on any atom is 0.255 e. The van der Waals surface area contributed by atoms with Crippen LogP contribution in [0.15, 0.2) is 18.5 Å². The van der Waals surface area contributed by atoms with Gasteiger partial charge in [0, 0.05) is 36.4 Å². The van der Waals surface area contributed by atoms with Crippen molar-refractivity contribution in [1.82, 2.24) is 10.3 Å². The van der Waals surface area contributed by atoms with E-state index in [1.807, 2.05) is 24.9 Å². The summed E-state index contributed by atoms with van der Waals surface area (Å²) in [7, 11) is 1.82. The van der Waals surface area contributed by atoms with Gasteiger partial charge >= 0.3 is 0 Å². The quantitative estimate of drug-likeness (QED) is 0.869. The van der Waals surface area contributed by atoms with Crippen molar-refractivity contribution in [3.05, 3.63) is 24.0 Å². The standard InChI is InChI=1S/C14H21N3OS/c1-3-19-13-6-4-5-12(13)17-14(18)10-9-16-8-7-11(10)15-2/h7-9,12-13H,3-6H2,1-2H3,(H,15,16)(H,17,18). The van der Waals surface area contributed by atoms with Gasteiger partial charge in [-0.3, -0.25) is 9.78 Å². The van der Waals surface area contributed by atoms with Crippen molar-refractivity contribution in [3.63, 3.8) is 0 Å².